The van der Waals surface area contributed by atoms with Crippen molar-refractivity contribution in [2.24, 2.45) is 17.6 Å². The maximum atomic E-state index is 11.9. The molecule has 0 radical (unpaired) electrons. The summed E-state index contributed by atoms with van der Waals surface area (Å²) in [5.74, 6) is 0.437. The fourth-order valence-corrected chi connectivity index (χ4v) is 2.11. The molecular formula is C12H24N2O2. The molecule has 0 aromatic carbocycles. The number of hydrogen-bond acceptors (Lipinski definition) is 3. The molecule has 94 valence electrons. The maximum absolute atomic E-state index is 11.9. The van der Waals surface area contributed by atoms with Gasteiger partial charge in [-0.25, -0.2) is 0 Å². The topological polar surface area (TPSA) is 75.3 Å². The summed E-state index contributed by atoms with van der Waals surface area (Å²) in [4.78, 5) is 11.9. The maximum Gasteiger partial charge on any atom is 0.223 e. The molecule has 1 aliphatic carbocycles. The molecule has 16 heavy (non-hydrogen) atoms. The number of amides is 1. The third-order valence-corrected chi connectivity index (χ3v) is 3.47. The van der Waals surface area contributed by atoms with E-state index in [0.717, 1.165) is 25.7 Å². The summed E-state index contributed by atoms with van der Waals surface area (Å²) in [6.07, 6.45) is 3.62. The molecule has 0 aliphatic heterocycles. The summed E-state index contributed by atoms with van der Waals surface area (Å²) in [6.45, 7) is 4.01. The van der Waals surface area contributed by atoms with Crippen molar-refractivity contribution >= 4 is 5.91 Å². The van der Waals surface area contributed by atoms with E-state index in [1.165, 1.54) is 0 Å². The van der Waals surface area contributed by atoms with Gasteiger partial charge in [-0.2, -0.15) is 0 Å². The second kappa shape index (κ2) is 6.21. The molecule has 1 amide bonds. The molecule has 1 unspecified atom stereocenters. The Labute approximate surface area is 97.6 Å². The van der Waals surface area contributed by atoms with Crippen molar-refractivity contribution in [1.82, 2.24) is 5.32 Å². The third kappa shape index (κ3) is 3.76. The van der Waals surface area contributed by atoms with E-state index in [0.29, 0.717) is 0 Å². The lowest BCUT2D eigenvalue weighted by Crippen LogP contribution is -2.45. The van der Waals surface area contributed by atoms with Crippen LogP contribution in [0.15, 0.2) is 0 Å². The average molecular weight is 228 g/mol. The summed E-state index contributed by atoms with van der Waals surface area (Å²) in [6, 6.07) is 0.144. The Bertz CT molecular complexity index is 223. The summed E-state index contributed by atoms with van der Waals surface area (Å²) >= 11 is 0. The summed E-state index contributed by atoms with van der Waals surface area (Å²) in [7, 11) is 0. The van der Waals surface area contributed by atoms with Crippen LogP contribution in [-0.4, -0.2) is 29.7 Å². The van der Waals surface area contributed by atoms with Crippen LogP contribution in [0.25, 0.3) is 0 Å². The van der Waals surface area contributed by atoms with Crippen LogP contribution in [0.1, 0.15) is 39.5 Å². The Kier molecular flexibility index (Phi) is 5.22. The highest BCUT2D eigenvalue weighted by Gasteiger charge is 2.26. The molecule has 0 aromatic rings. The lowest BCUT2D eigenvalue weighted by Gasteiger charge is -2.28. The lowest BCUT2D eigenvalue weighted by atomic mass is 9.85. The fourth-order valence-electron chi connectivity index (χ4n) is 2.11. The number of nitrogens with one attached hydrogen (secondary N) is 1. The number of nitrogens with two attached hydrogens (primary N) is 1. The molecule has 0 heterocycles. The molecule has 0 bridgehead atoms. The monoisotopic (exact) mass is 228 g/mol. The van der Waals surface area contributed by atoms with Crippen LogP contribution >= 0.6 is 0 Å². The number of hydrogen-bond donors (Lipinski definition) is 3. The highest BCUT2D eigenvalue weighted by Crippen LogP contribution is 2.23. The molecule has 4 N–H and O–H groups in total. The van der Waals surface area contributed by atoms with Crippen molar-refractivity contribution in [1.29, 1.82) is 0 Å². The van der Waals surface area contributed by atoms with Gasteiger partial charge in [-0.05, 0) is 31.6 Å². The van der Waals surface area contributed by atoms with Crippen molar-refractivity contribution in [2.75, 3.05) is 6.61 Å². The van der Waals surface area contributed by atoms with Crippen molar-refractivity contribution in [3.8, 4) is 0 Å². The highest BCUT2D eigenvalue weighted by atomic mass is 16.3. The molecule has 0 saturated heterocycles. The molecule has 1 saturated carbocycles. The van der Waals surface area contributed by atoms with Gasteiger partial charge >= 0.3 is 0 Å². The Morgan fingerprint density at radius 1 is 1.38 bits per heavy atom. The molecule has 1 rings (SSSR count). The van der Waals surface area contributed by atoms with Gasteiger partial charge in [-0.3, -0.25) is 4.79 Å². The Morgan fingerprint density at radius 3 is 2.38 bits per heavy atom. The Morgan fingerprint density at radius 2 is 1.94 bits per heavy atom. The lowest BCUT2D eigenvalue weighted by molar-refractivity contribution is -0.127. The van der Waals surface area contributed by atoms with Gasteiger partial charge in [0.25, 0.3) is 0 Å². The van der Waals surface area contributed by atoms with E-state index in [2.05, 4.69) is 5.32 Å². The molecule has 0 spiro atoms. The number of rotatable bonds is 4. The van der Waals surface area contributed by atoms with Gasteiger partial charge in [0.2, 0.25) is 5.91 Å². The highest BCUT2D eigenvalue weighted by molar-refractivity contribution is 5.79. The first kappa shape index (κ1) is 13.5. The van der Waals surface area contributed by atoms with Gasteiger partial charge in [0.05, 0.1) is 12.6 Å². The van der Waals surface area contributed by atoms with Crippen LogP contribution in [0.4, 0.5) is 0 Å². The number of carbonyl (C=O) groups excluding carboxylic acids is 1. The molecule has 1 fully saturated rings. The average Bonchev–Trinajstić information content (AvgIpc) is 2.26. The van der Waals surface area contributed by atoms with Gasteiger partial charge < -0.3 is 16.2 Å². The molecule has 4 nitrogen and oxygen atoms in total. The van der Waals surface area contributed by atoms with E-state index in [-0.39, 0.29) is 36.4 Å². The van der Waals surface area contributed by atoms with Crippen molar-refractivity contribution in [3.63, 3.8) is 0 Å². The molecule has 4 heteroatoms. The fraction of sp³-hybridized carbons (Fsp3) is 0.917. The largest absolute Gasteiger partial charge is 0.394 e. The van der Waals surface area contributed by atoms with E-state index < -0.39 is 0 Å². The van der Waals surface area contributed by atoms with E-state index in [1.807, 2.05) is 13.8 Å². The molecule has 1 atom stereocenters. The van der Waals surface area contributed by atoms with Gasteiger partial charge in [-0.1, -0.05) is 13.8 Å². The summed E-state index contributed by atoms with van der Waals surface area (Å²) < 4.78 is 0. The van der Waals surface area contributed by atoms with Crippen molar-refractivity contribution in [3.05, 3.63) is 0 Å². The Balaban J connectivity index is 2.39. The SMILES string of the molecule is CC(C)C(CO)NC(=O)C1CCC(N)CC1. The van der Waals surface area contributed by atoms with Crippen LogP contribution in [0, 0.1) is 11.8 Å². The van der Waals surface area contributed by atoms with E-state index in [9.17, 15) is 4.79 Å². The van der Waals surface area contributed by atoms with Crippen LogP contribution in [-0.2, 0) is 4.79 Å². The van der Waals surface area contributed by atoms with E-state index in [4.69, 9.17) is 10.8 Å². The minimum Gasteiger partial charge on any atom is -0.394 e. The van der Waals surface area contributed by atoms with E-state index in [1.54, 1.807) is 0 Å². The molecular weight excluding hydrogens is 204 g/mol. The second-order valence-electron chi connectivity index (χ2n) is 5.15. The van der Waals surface area contributed by atoms with Crippen molar-refractivity contribution in [2.45, 2.75) is 51.6 Å². The summed E-state index contributed by atoms with van der Waals surface area (Å²) in [5.41, 5.74) is 5.80. The molecule has 1 aliphatic rings. The third-order valence-electron chi connectivity index (χ3n) is 3.47. The number of carbonyl (C=O) groups is 1. The van der Waals surface area contributed by atoms with Gasteiger partial charge in [-0.15, -0.1) is 0 Å². The standard InChI is InChI=1S/C12H24N2O2/c1-8(2)11(7-15)14-12(16)9-3-5-10(13)6-4-9/h8-11,15H,3-7,13H2,1-2H3,(H,14,16). The van der Waals surface area contributed by atoms with Crippen LogP contribution < -0.4 is 11.1 Å². The summed E-state index contributed by atoms with van der Waals surface area (Å²) in [5, 5.41) is 12.1. The first-order valence-electron chi connectivity index (χ1n) is 6.21. The normalized spacial score (nSPS) is 27.8. The zero-order valence-electron chi connectivity index (χ0n) is 10.3. The number of aliphatic hydroxyl groups excluding tert-OH is 1. The minimum absolute atomic E-state index is 0.00956. The van der Waals surface area contributed by atoms with Gasteiger partial charge in [0.1, 0.15) is 0 Å². The quantitative estimate of drug-likeness (QED) is 0.661. The Hall–Kier alpha value is -0.610. The molecule has 0 aromatic heterocycles. The minimum atomic E-state index is -0.122. The number of aliphatic hydroxyl groups is 1. The van der Waals surface area contributed by atoms with Crippen LogP contribution in [0.3, 0.4) is 0 Å². The predicted octanol–water partition coefficient (Wildman–Crippen LogP) is 0.637. The zero-order valence-corrected chi connectivity index (χ0v) is 10.3. The van der Waals surface area contributed by atoms with Crippen molar-refractivity contribution < 1.29 is 9.90 Å². The van der Waals surface area contributed by atoms with E-state index >= 15 is 0 Å². The first-order chi connectivity index (χ1) is 7.54. The van der Waals surface area contributed by atoms with Crippen LogP contribution in [0.2, 0.25) is 0 Å². The van der Waals surface area contributed by atoms with Gasteiger partial charge in [0, 0.05) is 12.0 Å². The van der Waals surface area contributed by atoms with Gasteiger partial charge in [0.15, 0.2) is 0 Å². The predicted molar refractivity (Wildman–Crippen MR) is 63.8 cm³/mol. The zero-order chi connectivity index (χ0) is 12.1. The second-order valence-corrected chi connectivity index (χ2v) is 5.15. The first-order valence-corrected chi connectivity index (χ1v) is 6.21. The van der Waals surface area contributed by atoms with Crippen LogP contribution in [0.5, 0.6) is 0 Å². The smallest absolute Gasteiger partial charge is 0.223 e.